The summed E-state index contributed by atoms with van der Waals surface area (Å²) >= 11 is 0. The van der Waals surface area contributed by atoms with Crippen LogP contribution in [-0.4, -0.2) is 47.9 Å². The maximum atomic E-state index is 13.2. The van der Waals surface area contributed by atoms with Crippen LogP contribution in [0.25, 0.3) is 0 Å². The summed E-state index contributed by atoms with van der Waals surface area (Å²) in [4.78, 5) is 10.4. The molecule has 0 bridgehead atoms. The molecule has 0 atom stereocenters. The van der Waals surface area contributed by atoms with Crippen molar-refractivity contribution in [2.45, 2.75) is 48.3 Å². The van der Waals surface area contributed by atoms with Gasteiger partial charge in [-0.1, -0.05) is 6.58 Å². The predicted molar refractivity (Wildman–Crippen MR) is 56.6 cm³/mol. The molecule has 0 saturated heterocycles. The molecule has 0 aromatic heterocycles. The van der Waals surface area contributed by atoms with E-state index in [2.05, 4.69) is 11.3 Å². The maximum absolute atomic E-state index is 13.2. The minimum Gasteiger partial charge on any atom is -0.397 e. The van der Waals surface area contributed by atoms with Gasteiger partial charge in [0.2, 0.25) is 0 Å². The van der Waals surface area contributed by atoms with Crippen molar-refractivity contribution >= 4 is 5.97 Å². The SMILES string of the molecule is C=CC(=O)OC(F)(F)CC(F)(F)C(F)(F)C(F)(F)C(F)(F)C(F)(F)C(F)(F)F. The third-order valence-electron chi connectivity index (χ3n) is 2.84. The van der Waals surface area contributed by atoms with Crippen LogP contribution in [0, 0.1) is 0 Å². The number of halogens is 15. The monoisotopic (exact) mass is 454 g/mol. The molecule has 0 amide bonds. The van der Waals surface area contributed by atoms with E-state index in [9.17, 15) is 70.7 Å². The standard InChI is InChI=1S/C11H5F15O2/c1-2-4(27)28-6(14,15)3-5(12,13)7(16,17)8(18,19)9(20,21)10(22,23)11(24,25)26/h2H,1,3H2. The van der Waals surface area contributed by atoms with Gasteiger partial charge in [-0.3, -0.25) is 0 Å². The summed E-state index contributed by atoms with van der Waals surface area (Å²) in [5, 5.41) is 0. The van der Waals surface area contributed by atoms with E-state index < -0.39 is 54.3 Å². The molecule has 0 unspecified atom stereocenters. The van der Waals surface area contributed by atoms with E-state index in [1.165, 1.54) is 0 Å². The summed E-state index contributed by atoms with van der Waals surface area (Å²) in [6, 6.07) is 0. The molecular weight excluding hydrogens is 449 g/mol. The number of ether oxygens (including phenoxy) is 1. The minimum absolute atomic E-state index is 0.156. The van der Waals surface area contributed by atoms with E-state index in [0.717, 1.165) is 0 Å². The van der Waals surface area contributed by atoms with Crippen molar-refractivity contribution in [3.05, 3.63) is 12.7 Å². The second-order valence-electron chi connectivity index (χ2n) is 4.94. The Balaban J connectivity index is 6.18. The van der Waals surface area contributed by atoms with Crippen LogP contribution < -0.4 is 0 Å². The van der Waals surface area contributed by atoms with Gasteiger partial charge in [-0.25, -0.2) is 4.79 Å². The molecule has 0 aliphatic carbocycles. The van der Waals surface area contributed by atoms with Gasteiger partial charge in [-0.05, 0) is 0 Å². The number of hydrogen-bond acceptors (Lipinski definition) is 2. The summed E-state index contributed by atoms with van der Waals surface area (Å²) in [5.74, 6) is -41.7. The number of esters is 1. The van der Waals surface area contributed by atoms with Crippen LogP contribution in [0.4, 0.5) is 65.9 Å². The molecule has 0 N–H and O–H groups in total. The van der Waals surface area contributed by atoms with Crippen molar-refractivity contribution in [2.75, 3.05) is 0 Å². The Hall–Kier alpha value is -1.84. The van der Waals surface area contributed by atoms with Crippen molar-refractivity contribution in [3.63, 3.8) is 0 Å². The molecule has 2 nitrogen and oxygen atoms in total. The highest BCUT2D eigenvalue weighted by Crippen LogP contribution is 2.61. The molecule has 0 aliphatic heterocycles. The fourth-order valence-corrected chi connectivity index (χ4v) is 1.40. The van der Waals surface area contributed by atoms with Crippen LogP contribution in [0.1, 0.15) is 6.42 Å². The van der Waals surface area contributed by atoms with E-state index in [0.29, 0.717) is 0 Å². The summed E-state index contributed by atoms with van der Waals surface area (Å²) in [7, 11) is 0. The number of carbonyl (C=O) groups excluding carboxylic acids is 1. The molecule has 0 saturated carbocycles. The van der Waals surface area contributed by atoms with Gasteiger partial charge in [0.05, 0.1) is 0 Å². The highest BCUT2D eigenvalue weighted by Gasteiger charge is 2.91. The second kappa shape index (κ2) is 6.89. The van der Waals surface area contributed by atoms with Gasteiger partial charge in [0.25, 0.3) is 0 Å². The molecule has 0 radical (unpaired) electrons. The molecule has 0 spiro atoms. The summed E-state index contributed by atoms with van der Waals surface area (Å²) in [5.41, 5.74) is 0. The van der Waals surface area contributed by atoms with E-state index in [-0.39, 0.29) is 6.08 Å². The topological polar surface area (TPSA) is 26.3 Å². The van der Waals surface area contributed by atoms with Crippen LogP contribution in [0.2, 0.25) is 0 Å². The van der Waals surface area contributed by atoms with Gasteiger partial charge >= 0.3 is 47.9 Å². The lowest BCUT2D eigenvalue weighted by Gasteiger charge is -2.40. The zero-order valence-electron chi connectivity index (χ0n) is 12.5. The largest absolute Gasteiger partial charge is 0.460 e. The maximum Gasteiger partial charge on any atom is 0.460 e. The fraction of sp³-hybridized carbons (Fsp3) is 0.727. The molecule has 17 heteroatoms. The number of alkyl halides is 15. The van der Waals surface area contributed by atoms with Gasteiger partial charge in [0.1, 0.15) is 6.42 Å². The first-order valence-electron chi connectivity index (χ1n) is 6.10. The van der Waals surface area contributed by atoms with E-state index >= 15 is 0 Å². The second-order valence-corrected chi connectivity index (χ2v) is 4.94. The smallest absolute Gasteiger partial charge is 0.397 e. The van der Waals surface area contributed by atoms with Crippen molar-refractivity contribution in [2.24, 2.45) is 0 Å². The Morgan fingerprint density at radius 3 is 1.36 bits per heavy atom. The quantitative estimate of drug-likeness (QED) is 0.278. The zero-order valence-corrected chi connectivity index (χ0v) is 12.5. The Morgan fingerprint density at radius 2 is 1.04 bits per heavy atom. The molecule has 0 aliphatic rings. The molecule has 0 rings (SSSR count). The predicted octanol–water partition coefficient (Wildman–Crippen LogP) is 5.44. The number of carbonyl (C=O) groups is 1. The van der Waals surface area contributed by atoms with Crippen LogP contribution in [0.5, 0.6) is 0 Å². The summed E-state index contributed by atoms with van der Waals surface area (Å²) in [6.45, 7) is 2.46. The highest BCUT2D eigenvalue weighted by atomic mass is 19.4. The molecule has 0 aromatic rings. The number of hydrogen-bond donors (Lipinski definition) is 0. The van der Waals surface area contributed by atoms with Crippen molar-refractivity contribution in [1.82, 2.24) is 0 Å². The van der Waals surface area contributed by atoms with Gasteiger partial charge in [-0.15, -0.1) is 0 Å². The van der Waals surface area contributed by atoms with Crippen LogP contribution >= 0.6 is 0 Å². The molecule has 28 heavy (non-hydrogen) atoms. The van der Waals surface area contributed by atoms with E-state index in [1.54, 1.807) is 0 Å². The Morgan fingerprint density at radius 1 is 0.679 bits per heavy atom. The van der Waals surface area contributed by atoms with Gasteiger partial charge in [0.15, 0.2) is 0 Å². The molecule has 166 valence electrons. The van der Waals surface area contributed by atoms with Crippen molar-refractivity contribution in [3.8, 4) is 0 Å². The van der Waals surface area contributed by atoms with Gasteiger partial charge in [-0.2, -0.15) is 65.9 Å². The van der Waals surface area contributed by atoms with Crippen LogP contribution in [0.3, 0.4) is 0 Å². The average Bonchev–Trinajstić information content (AvgIpc) is 2.43. The first-order valence-corrected chi connectivity index (χ1v) is 6.10. The summed E-state index contributed by atoms with van der Waals surface area (Å²) in [6.07, 6.45) is -17.5. The lowest BCUT2D eigenvalue weighted by Crippen LogP contribution is -2.70. The van der Waals surface area contributed by atoms with Gasteiger partial charge in [0, 0.05) is 6.08 Å². The molecule has 0 heterocycles. The average molecular weight is 454 g/mol. The third-order valence-corrected chi connectivity index (χ3v) is 2.84. The fourth-order valence-electron chi connectivity index (χ4n) is 1.40. The zero-order chi connectivity index (χ0) is 23.2. The van der Waals surface area contributed by atoms with Crippen molar-refractivity contribution in [1.29, 1.82) is 0 Å². The lowest BCUT2D eigenvalue weighted by molar-refractivity contribution is -0.443. The third kappa shape index (κ3) is 4.11. The number of rotatable bonds is 8. The molecular formula is C11H5F15O2. The molecule has 0 aromatic carbocycles. The van der Waals surface area contributed by atoms with Crippen LogP contribution in [0.15, 0.2) is 12.7 Å². The van der Waals surface area contributed by atoms with Gasteiger partial charge < -0.3 is 4.74 Å². The lowest BCUT2D eigenvalue weighted by atomic mass is 9.92. The van der Waals surface area contributed by atoms with E-state index in [1.807, 2.05) is 0 Å². The minimum atomic E-state index is -8.21. The normalized spacial score (nSPS) is 15.4. The van der Waals surface area contributed by atoms with Crippen molar-refractivity contribution < 1.29 is 75.4 Å². The van der Waals surface area contributed by atoms with Crippen LogP contribution in [-0.2, 0) is 9.53 Å². The Kier molecular flexibility index (Phi) is 6.44. The summed E-state index contributed by atoms with van der Waals surface area (Å²) < 4.78 is 194. The first kappa shape index (κ1) is 26.2. The Labute approximate surface area is 143 Å². The first-order chi connectivity index (χ1) is 11.9. The molecule has 0 fully saturated rings. The highest BCUT2D eigenvalue weighted by molar-refractivity contribution is 5.81. The van der Waals surface area contributed by atoms with E-state index in [4.69, 9.17) is 0 Å². The Bertz CT molecular complexity index is 604.